The van der Waals surface area contributed by atoms with Gasteiger partial charge < -0.3 is 10.5 Å². The molecule has 2 rings (SSSR count). The van der Waals surface area contributed by atoms with Crippen molar-refractivity contribution < 1.29 is 17.9 Å². The van der Waals surface area contributed by atoms with E-state index in [9.17, 15) is 13.2 Å². The maximum Gasteiger partial charge on any atom is 0.416 e. The van der Waals surface area contributed by atoms with Crippen molar-refractivity contribution in [1.82, 2.24) is 0 Å². The molecule has 0 aliphatic rings. The van der Waals surface area contributed by atoms with Crippen LogP contribution in [0.25, 0.3) is 0 Å². The van der Waals surface area contributed by atoms with Gasteiger partial charge in [-0.05, 0) is 36.4 Å². The second-order valence-electron chi connectivity index (χ2n) is 4.13. The smallest absolute Gasteiger partial charge is 0.416 e. The molecule has 0 aliphatic heterocycles. The second kappa shape index (κ2) is 6.03. The number of thiocarbonyl (C=S) groups is 1. The predicted molar refractivity (Wildman–Crippen MR) is 81.5 cm³/mol. The predicted octanol–water partition coefficient (Wildman–Crippen LogP) is 4.89. The van der Waals surface area contributed by atoms with Crippen molar-refractivity contribution in [2.24, 2.45) is 5.73 Å². The maximum absolute atomic E-state index is 12.7. The number of alkyl halides is 3. The number of rotatable bonds is 3. The molecular weight excluding hydrogens is 367 g/mol. The number of halogens is 4. The molecule has 0 amide bonds. The highest BCUT2D eigenvalue weighted by atomic mass is 79.9. The standard InChI is InChI=1S/C14H9BrF3NOS/c15-9-4-5-12(11(7-9)13(19)21)20-10-3-1-2-8(6-10)14(16,17)18/h1-7H,(H2,19,21). The van der Waals surface area contributed by atoms with Crippen LogP contribution in [0.5, 0.6) is 11.5 Å². The van der Waals surface area contributed by atoms with E-state index in [2.05, 4.69) is 15.9 Å². The SMILES string of the molecule is NC(=S)c1cc(Br)ccc1Oc1cccc(C(F)(F)F)c1. The van der Waals surface area contributed by atoms with Crippen molar-refractivity contribution in [3.05, 3.63) is 58.1 Å². The topological polar surface area (TPSA) is 35.2 Å². The van der Waals surface area contributed by atoms with Crippen molar-refractivity contribution in [3.8, 4) is 11.5 Å². The fourth-order valence-electron chi connectivity index (χ4n) is 1.65. The normalized spacial score (nSPS) is 11.2. The molecule has 21 heavy (non-hydrogen) atoms. The zero-order valence-electron chi connectivity index (χ0n) is 10.4. The molecule has 0 bridgehead atoms. The Morgan fingerprint density at radius 3 is 2.48 bits per heavy atom. The summed E-state index contributed by atoms with van der Waals surface area (Å²) < 4.78 is 44.2. The lowest BCUT2D eigenvalue weighted by atomic mass is 10.2. The Balaban J connectivity index is 2.37. The van der Waals surface area contributed by atoms with Gasteiger partial charge in [0, 0.05) is 4.47 Å². The van der Waals surface area contributed by atoms with E-state index in [1.54, 1.807) is 18.2 Å². The monoisotopic (exact) mass is 375 g/mol. The Kier molecular flexibility index (Phi) is 4.53. The van der Waals surface area contributed by atoms with Gasteiger partial charge in [0.25, 0.3) is 0 Å². The van der Waals surface area contributed by atoms with E-state index in [4.69, 9.17) is 22.7 Å². The van der Waals surface area contributed by atoms with Crippen molar-refractivity contribution in [2.45, 2.75) is 6.18 Å². The summed E-state index contributed by atoms with van der Waals surface area (Å²) in [5.41, 5.74) is 5.24. The molecule has 7 heteroatoms. The van der Waals surface area contributed by atoms with Crippen molar-refractivity contribution in [1.29, 1.82) is 0 Å². The van der Waals surface area contributed by atoms with Crippen LogP contribution >= 0.6 is 28.1 Å². The van der Waals surface area contributed by atoms with Gasteiger partial charge in [-0.25, -0.2) is 0 Å². The first-order valence-corrected chi connectivity index (χ1v) is 6.92. The molecule has 0 aromatic heterocycles. The molecular formula is C14H9BrF3NOS. The first kappa shape index (κ1) is 15.8. The summed E-state index contributed by atoms with van der Waals surface area (Å²) in [5, 5.41) is 0. The van der Waals surface area contributed by atoms with Crippen LogP contribution in [0.4, 0.5) is 13.2 Å². The van der Waals surface area contributed by atoms with Crippen LogP contribution in [-0.2, 0) is 6.18 Å². The third-order valence-electron chi connectivity index (χ3n) is 2.60. The zero-order valence-corrected chi connectivity index (χ0v) is 12.8. The summed E-state index contributed by atoms with van der Waals surface area (Å²) in [6, 6.07) is 9.52. The lowest BCUT2D eigenvalue weighted by molar-refractivity contribution is -0.137. The minimum absolute atomic E-state index is 0.0599. The zero-order chi connectivity index (χ0) is 15.6. The first-order chi connectivity index (χ1) is 9.77. The Hall–Kier alpha value is -1.60. The molecule has 2 N–H and O–H groups in total. The van der Waals surface area contributed by atoms with Gasteiger partial charge >= 0.3 is 6.18 Å². The highest BCUT2D eigenvalue weighted by molar-refractivity contribution is 9.10. The number of ether oxygens (including phenoxy) is 1. The van der Waals surface area contributed by atoms with Gasteiger partial charge in [-0.1, -0.05) is 34.2 Å². The molecule has 0 saturated heterocycles. The minimum atomic E-state index is -4.43. The Morgan fingerprint density at radius 2 is 1.86 bits per heavy atom. The van der Waals surface area contributed by atoms with Crippen LogP contribution in [0.15, 0.2) is 46.9 Å². The Bertz CT molecular complexity index is 688. The van der Waals surface area contributed by atoms with Gasteiger partial charge in [0.1, 0.15) is 16.5 Å². The van der Waals surface area contributed by atoms with Gasteiger partial charge in [-0.3, -0.25) is 0 Å². The van der Waals surface area contributed by atoms with E-state index >= 15 is 0 Å². The van der Waals surface area contributed by atoms with E-state index in [1.165, 1.54) is 12.1 Å². The molecule has 110 valence electrons. The molecule has 0 atom stereocenters. The van der Waals surface area contributed by atoms with Crippen LogP contribution in [0, 0.1) is 0 Å². The Morgan fingerprint density at radius 1 is 1.14 bits per heavy atom. The average Bonchev–Trinajstić information content (AvgIpc) is 2.40. The van der Waals surface area contributed by atoms with E-state index < -0.39 is 11.7 Å². The van der Waals surface area contributed by atoms with Crippen LogP contribution in [-0.4, -0.2) is 4.99 Å². The highest BCUT2D eigenvalue weighted by Gasteiger charge is 2.30. The molecule has 0 radical (unpaired) electrons. The number of nitrogens with two attached hydrogens (primary N) is 1. The summed E-state index contributed by atoms with van der Waals surface area (Å²) in [6.45, 7) is 0. The number of benzene rings is 2. The lowest BCUT2D eigenvalue weighted by Gasteiger charge is -2.12. The third-order valence-corrected chi connectivity index (χ3v) is 3.31. The fourth-order valence-corrected chi connectivity index (χ4v) is 2.17. The third kappa shape index (κ3) is 3.95. The van der Waals surface area contributed by atoms with Crippen LogP contribution in [0.3, 0.4) is 0 Å². The van der Waals surface area contributed by atoms with Crippen LogP contribution in [0.1, 0.15) is 11.1 Å². The van der Waals surface area contributed by atoms with Crippen molar-refractivity contribution in [2.75, 3.05) is 0 Å². The lowest BCUT2D eigenvalue weighted by Crippen LogP contribution is -2.11. The molecule has 0 unspecified atom stereocenters. The Labute approximate surface area is 132 Å². The van der Waals surface area contributed by atoms with Gasteiger partial charge in [0.05, 0.1) is 11.1 Å². The summed E-state index contributed by atoms with van der Waals surface area (Å²) in [4.78, 5) is 0.0956. The van der Waals surface area contributed by atoms with E-state index in [0.717, 1.165) is 16.6 Å². The maximum atomic E-state index is 12.7. The quantitative estimate of drug-likeness (QED) is 0.775. The molecule has 0 fully saturated rings. The summed E-state index contributed by atoms with van der Waals surface area (Å²) in [5.74, 6) is 0.356. The van der Waals surface area contributed by atoms with E-state index in [1.807, 2.05) is 0 Å². The highest BCUT2D eigenvalue weighted by Crippen LogP contribution is 2.34. The van der Waals surface area contributed by atoms with Gasteiger partial charge in [-0.15, -0.1) is 0 Å². The van der Waals surface area contributed by atoms with Gasteiger partial charge in [0.2, 0.25) is 0 Å². The van der Waals surface area contributed by atoms with E-state index in [-0.39, 0.29) is 10.7 Å². The van der Waals surface area contributed by atoms with Crippen LogP contribution in [0.2, 0.25) is 0 Å². The molecule has 2 nitrogen and oxygen atoms in total. The number of hydrogen-bond acceptors (Lipinski definition) is 2. The molecule has 2 aromatic carbocycles. The second-order valence-corrected chi connectivity index (χ2v) is 5.49. The molecule has 2 aromatic rings. The van der Waals surface area contributed by atoms with Crippen molar-refractivity contribution in [3.63, 3.8) is 0 Å². The molecule has 0 spiro atoms. The fraction of sp³-hybridized carbons (Fsp3) is 0.0714. The van der Waals surface area contributed by atoms with Gasteiger partial charge in [-0.2, -0.15) is 13.2 Å². The van der Waals surface area contributed by atoms with Crippen molar-refractivity contribution >= 4 is 33.1 Å². The van der Waals surface area contributed by atoms with E-state index in [0.29, 0.717) is 11.3 Å². The first-order valence-electron chi connectivity index (χ1n) is 5.72. The molecule has 0 heterocycles. The summed E-state index contributed by atoms with van der Waals surface area (Å²) >= 11 is 8.18. The average molecular weight is 376 g/mol. The van der Waals surface area contributed by atoms with Gasteiger partial charge in [0.15, 0.2) is 0 Å². The summed E-state index contributed by atoms with van der Waals surface area (Å²) in [6.07, 6.45) is -4.43. The summed E-state index contributed by atoms with van der Waals surface area (Å²) in [7, 11) is 0. The molecule has 0 aliphatic carbocycles. The minimum Gasteiger partial charge on any atom is -0.457 e. The number of hydrogen-bond donors (Lipinski definition) is 1. The largest absolute Gasteiger partial charge is 0.457 e. The van der Waals surface area contributed by atoms with Crippen LogP contribution < -0.4 is 10.5 Å². The molecule has 0 saturated carbocycles.